The molecule has 0 saturated heterocycles. The van der Waals surface area contributed by atoms with E-state index in [-0.39, 0.29) is 0 Å². The van der Waals surface area contributed by atoms with Gasteiger partial charge >= 0.3 is 0 Å². The number of hydrogen-bond acceptors (Lipinski definition) is 1. The van der Waals surface area contributed by atoms with Gasteiger partial charge < -0.3 is 0 Å². The second-order valence-corrected chi connectivity index (χ2v) is 3.89. The third kappa shape index (κ3) is 1.90. The predicted molar refractivity (Wildman–Crippen MR) is 59.7 cm³/mol. The molecule has 0 saturated carbocycles. The van der Waals surface area contributed by atoms with Gasteiger partial charge in [0.2, 0.25) is 0 Å². The number of halogens is 1. The maximum Gasteiger partial charge on any atom is 0.0924 e. The Balaban J connectivity index is 2.32. The van der Waals surface area contributed by atoms with Crippen molar-refractivity contribution in [3.8, 4) is 0 Å². The quantitative estimate of drug-likeness (QED) is 0.755. The zero-order chi connectivity index (χ0) is 9.97. The third-order valence-electron chi connectivity index (χ3n) is 2.25. The first kappa shape index (κ1) is 9.53. The lowest BCUT2D eigenvalue weighted by Crippen LogP contribution is -1.96. The van der Waals surface area contributed by atoms with Crippen LogP contribution < -0.4 is 0 Å². The van der Waals surface area contributed by atoms with Crippen LogP contribution in [0.25, 0.3) is 10.9 Å². The van der Waals surface area contributed by atoms with Crippen molar-refractivity contribution < 1.29 is 0 Å². The molecule has 1 aromatic heterocycles. The number of nitrogens with zero attached hydrogens (tertiary/aromatic N) is 2. The average Bonchev–Trinajstić information content (AvgIpc) is 2.56. The lowest BCUT2D eigenvalue weighted by molar-refractivity contribution is 0.576. The Morgan fingerprint density at radius 3 is 3.07 bits per heavy atom. The van der Waals surface area contributed by atoms with Gasteiger partial charge in [0.15, 0.2) is 0 Å². The van der Waals surface area contributed by atoms with Crippen LogP contribution in [0.1, 0.15) is 19.8 Å². The Hall–Kier alpha value is -1.02. The highest BCUT2D eigenvalue weighted by Crippen LogP contribution is 2.17. The summed E-state index contributed by atoms with van der Waals surface area (Å²) in [6, 6.07) is 5.79. The van der Waals surface area contributed by atoms with Crippen molar-refractivity contribution >= 4 is 22.5 Å². The maximum atomic E-state index is 5.90. The molecule has 1 aromatic carbocycles. The molecule has 2 aromatic rings. The molecule has 0 fully saturated rings. The first-order chi connectivity index (χ1) is 6.79. The van der Waals surface area contributed by atoms with Gasteiger partial charge in [0.05, 0.1) is 5.52 Å². The third-order valence-corrected chi connectivity index (χ3v) is 2.49. The molecule has 0 aliphatic carbocycles. The molecule has 3 heteroatoms. The summed E-state index contributed by atoms with van der Waals surface area (Å²) < 4.78 is 1.99. The minimum Gasteiger partial charge on any atom is -0.272 e. The van der Waals surface area contributed by atoms with E-state index in [1.807, 2.05) is 22.9 Å². The fourth-order valence-electron chi connectivity index (χ4n) is 1.48. The molecule has 74 valence electrons. The first-order valence-electron chi connectivity index (χ1n) is 4.92. The average molecular weight is 209 g/mol. The van der Waals surface area contributed by atoms with Gasteiger partial charge in [-0.15, -0.1) is 0 Å². The number of aryl methyl sites for hydroxylation is 1. The van der Waals surface area contributed by atoms with Gasteiger partial charge in [0, 0.05) is 23.2 Å². The molecule has 0 bridgehead atoms. The SMILES string of the molecule is CCCCn1cc2cc(Cl)ccc2n1. The Morgan fingerprint density at radius 1 is 1.43 bits per heavy atom. The lowest BCUT2D eigenvalue weighted by atomic mass is 10.3. The van der Waals surface area contributed by atoms with Gasteiger partial charge in [-0.2, -0.15) is 5.10 Å². The van der Waals surface area contributed by atoms with Gasteiger partial charge in [0.1, 0.15) is 0 Å². The Kier molecular flexibility index (Phi) is 2.73. The summed E-state index contributed by atoms with van der Waals surface area (Å²) in [4.78, 5) is 0. The van der Waals surface area contributed by atoms with Crippen molar-refractivity contribution in [1.29, 1.82) is 0 Å². The van der Waals surface area contributed by atoms with E-state index in [0.29, 0.717) is 0 Å². The van der Waals surface area contributed by atoms with Gasteiger partial charge in [-0.05, 0) is 24.6 Å². The van der Waals surface area contributed by atoms with E-state index in [0.717, 1.165) is 22.5 Å². The number of rotatable bonds is 3. The molecular weight excluding hydrogens is 196 g/mol. The lowest BCUT2D eigenvalue weighted by Gasteiger charge is -1.96. The minimum atomic E-state index is 0.771. The van der Waals surface area contributed by atoms with E-state index in [2.05, 4.69) is 18.2 Å². The second-order valence-electron chi connectivity index (χ2n) is 3.45. The van der Waals surface area contributed by atoms with Gasteiger partial charge in [-0.3, -0.25) is 4.68 Å². The minimum absolute atomic E-state index is 0.771. The van der Waals surface area contributed by atoms with Gasteiger partial charge in [-0.25, -0.2) is 0 Å². The van der Waals surface area contributed by atoms with Crippen molar-refractivity contribution in [2.45, 2.75) is 26.3 Å². The molecule has 0 radical (unpaired) electrons. The zero-order valence-corrected chi connectivity index (χ0v) is 8.96. The summed E-state index contributed by atoms with van der Waals surface area (Å²) in [5.74, 6) is 0. The smallest absolute Gasteiger partial charge is 0.0924 e. The van der Waals surface area contributed by atoms with Crippen LogP contribution >= 0.6 is 11.6 Å². The molecule has 1 heterocycles. The highest BCUT2D eigenvalue weighted by atomic mass is 35.5. The summed E-state index contributed by atoms with van der Waals surface area (Å²) in [6.07, 6.45) is 4.41. The van der Waals surface area contributed by atoms with E-state index in [9.17, 15) is 0 Å². The van der Waals surface area contributed by atoms with Crippen LogP contribution in [0, 0.1) is 0 Å². The van der Waals surface area contributed by atoms with Gasteiger partial charge in [-0.1, -0.05) is 24.9 Å². The largest absolute Gasteiger partial charge is 0.272 e. The number of fused-ring (bicyclic) bond motifs is 1. The number of unbranched alkanes of at least 4 members (excludes halogenated alkanes) is 1. The summed E-state index contributed by atoms with van der Waals surface area (Å²) in [6.45, 7) is 3.17. The van der Waals surface area contributed by atoms with Crippen molar-refractivity contribution in [2.75, 3.05) is 0 Å². The molecule has 2 rings (SSSR count). The van der Waals surface area contributed by atoms with Crippen molar-refractivity contribution in [3.63, 3.8) is 0 Å². The first-order valence-corrected chi connectivity index (χ1v) is 5.30. The number of aromatic nitrogens is 2. The van der Waals surface area contributed by atoms with E-state index in [4.69, 9.17) is 11.6 Å². The highest BCUT2D eigenvalue weighted by Gasteiger charge is 2.00. The van der Waals surface area contributed by atoms with E-state index < -0.39 is 0 Å². The van der Waals surface area contributed by atoms with Crippen LogP contribution in [0.3, 0.4) is 0 Å². The zero-order valence-electron chi connectivity index (χ0n) is 8.20. The Bertz CT molecular complexity index is 434. The van der Waals surface area contributed by atoms with Crippen LogP contribution in [-0.2, 0) is 6.54 Å². The monoisotopic (exact) mass is 208 g/mol. The van der Waals surface area contributed by atoms with Crippen LogP contribution in [0.15, 0.2) is 24.4 Å². The molecule has 0 aliphatic rings. The predicted octanol–water partition coefficient (Wildman–Crippen LogP) is 3.49. The van der Waals surface area contributed by atoms with E-state index >= 15 is 0 Å². The van der Waals surface area contributed by atoms with Gasteiger partial charge in [0.25, 0.3) is 0 Å². The Morgan fingerprint density at radius 2 is 2.29 bits per heavy atom. The van der Waals surface area contributed by atoms with Crippen LogP contribution in [-0.4, -0.2) is 9.78 Å². The molecule has 0 N–H and O–H groups in total. The van der Waals surface area contributed by atoms with Crippen LogP contribution in [0.5, 0.6) is 0 Å². The molecular formula is C11H13ClN2. The number of benzene rings is 1. The topological polar surface area (TPSA) is 17.8 Å². The van der Waals surface area contributed by atoms with Crippen LogP contribution in [0.4, 0.5) is 0 Å². The van der Waals surface area contributed by atoms with Crippen LogP contribution in [0.2, 0.25) is 5.02 Å². The second kappa shape index (κ2) is 4.01. The highest BCUT2D eigenvalue weighted by molar-refractivity contribution is 6.31. The molecule has 0 amide bonds. The molecule has 14 heavy (non-hydrogen) atoms. The standard InChI is InChI=1S/C11H13ClN2/c1-2-3-6-14-8-9-7-10(12)4-5-11(9)13-14/h4-5,7-8H,2-3,6H2,1H3. The van der Waals surface area contributed by atoms with Crippen molar-refractivity contribution in [1.82, 2.24) is 9.78 Å². The Labute approximate surface area is 88.5 Å². The normalized spacial score (nSPS) is 11.0. The molecule has 0 unspecified atom stereocenters. The molecule has 2 nitrogen and oxygen atoms in total. The van der Waals surface area contributed by atoms with E-state index in [1.165, 1.54) is 12.8 Å². The summed E-state index contributed by atoms with van der Waals surface area (Å²) >= 11 is 5.90. The fourth-order valence-corrected chi connectivity index (χ4v) is 1.66. The van der Waals surface area contributed by atoms with Crippen molar-refractivity contribution in [3.05, 3.63) is 29.4 Å². The summed E-state index contributed by atoms with van der Waals surface area (Å²) in [5.41, 5.74) is 1.02. The van der Waals surface area contributed by atoms with Crippen molar-refractivity contribution in [2.24, 2.45) is 0 Å². The molecule has 0 aliphatic heterocycles. The van der Waals surface area contributed by atoms with E-state index in [1.54, 1.807) is 0 Å². The maximum absolute atomic E-state index is 5.90. The summed E-state index contributed by atoms with van der Waals surface area (Å²) in [5, 5.41) is 6.34. The number of hydrogen-bond donors (Lipinski definition) is 0. The summed E-state index contributed by atoms with van der Waals surface area (Å²) in [7, 11) is 0. The fraction of sp³-hybridized carbons (Fsp3) is 0.364. The molecule has 0 spiro atoms. The molecule has 0 atom stereocenters.